The molecule has 154 valence electrons. The number of aryl methyl sites for hydroxylation is 1. The Bertz CT molecular complexity index is 1030. The molecule has 1 aliphatic rings. The van der Waals surface area contributed by atoms with Crippen LogP contribution in [0.25, 0.3) is 0 Å². The van der Waals surface area contributed by atoms with E-state index in [1.54, 1.807) is 44.2 Å². The lowest BCUT2D eigenvalue weighted by atomic mass is 10.1. The topological polar surface area (TPSA) is 92.8 Å². The first-order valence-corrected chi connectivity index (χ1v) is 11.0. The first kappa shape index (κ1) is 21.0. The number of nitrogens with one attached hydrogen (secondary N) is 1. The van der Waals surface area contributed by atoms with Gasteiger partial charge in [-0.25, -0.2) is 13.2 Å². The molecule has 0 aliphatic carbocycles. The number of amides is 1. The summed E-state index contributed by atoms with van der Waals surface area (Å²) in [5, 5.41) is 2.76. The van der Waals surface area contributed by atoms with Crippen molar-refractivity contribution in [1.82, 2.24) is 4.31 Å². The Balaban J connectivity index is 1.83. The smallest absolute Gasteiger partial charge is 0.338 e. The van der Waals surface area contributed by atoms with Crippen molar-refractivity contribution in [1.29, 1.82) is 0 Å². The highest BCUT2D eigenvalue weighted by atomic mass is 32.2. The maximum Gasteiger partial charge on any atom is 0.338 e. The van der Waals surface area contributed by atoms with Crippen LogP contribution in [0.2, 0.25) is 0 Å². The molecule has 0 unspecified atom stereocenters. The molecule has 1 aliphatic heterocycles. The number of ether oxygens (including phenoxy) is 1. The molecule has 0 radical (unpaired) electrons. The average Bonchev–Trinajstić information content (AvgIpc) is 3.25. The normalized spacial score (nSPS) is 14.6. The number of carbonyl (C=O) groups is 2. The van der Waals surface area contributed by atoms with Gasteiger partial charge in [-0.2, -0.15) is 4.31 Å². The molecule has 3 rings (SSSR count). The Kier molecular flexibility index (Phi) is 6.34. The molecule has 29 heavy (non-hydrogen) atoms. The summed E-state index contributed by atoms with van der Waals surface area (Å²) in [6, 6.07) is 10.9. The van der Waals surface area contributed by atoms with Gasteiger partial charge >= 0.3 is 5.97 Å². The van der Waals surface area contributed by atoms with Crippen molar-refractivity contribution in [2.45, 2.75) is 31.6 Å². The third-order valence-electron chi connectivity index (χ3n) is 4.80. The van der Waals surface area contributed by atoms with E-state index in [1.807, 2.05) is 0 Å². The highest BCUT2D eigenvalue weighted by Crippen LogP contribution is 2.23. The molecule has 0 bridgehead atoms. The Morgan fingerprint density at radius 2 is 1.79 bits per heavy atom. The highest BCUT2D eigenvalue weighted by molar-refractivity contribution is 7.89. The van der Waals surface area contributed by atoms with Crippen molar-refractivity contribution in [2.24, 2.45) is 0 Å². The first-order valence-electron chi connectivity index (χ1n) is 9.52. The van der Waals surface area contributed by atoms with E-state index in [-0.39, 0.29) is 17.1 Å². The SMILES string of the molecule is CCOC(=O)c1ccc(C)c(NC(=O)c2cccc(S(=O)(=O)N3CCCC3)c2)c1. The molecule has 1 heterocycles. The second kappa shape index (κ2) is 8.75. The fourth-order valence-electron chi connectivity index (χ4n) is 3.17. The molecule has 0 spiro atoms. The van der Waals surface area contributed by atoms with E-state index >= 15 is 0 Å². The van der Waals surface area contributed by atoms with Crippen molar-refractivity contribution in [3.8, 4) is 0 Å². The summed E-state index contributed by atoms with van der Waals surface area (Å²) >= 11 is 0. The number of hydrogen-bond donors (Lipinski definition) is 1. The molecule has 8 heteroatoms. The first-order chi connectivity index (χ1) is 13.8. The van der Waals surface area contributed by atoms with E-state index in [1.165, 1.54) is 16.4 Å². The van der Waals surface area contributed by atoms with Gasteiger partial charge in [0.1, 0.15) is 0 Å². The predicted molar refractivity (Wildman–Crippen MR) is 110 cm³/mol. The number of benzene rings is 2. The van der Waals surface area contributed by atoms with Crippen LogP contribution in [0.15, 0.2) is 47.4 Å². The fourth-order valence-corrected chi connectivity index (χ4v) is 4.73. The molecule has 1 N–H and O–H groups in total. The number of nitrogens with zero attached hydrogens (tertiary/aromatic N) is 1. The van der Waals surface area contributed by atoms with Gasteiger partial charge in [-0.15, -0.1) is 0 Å². The van der Waals surface area contributed by atoms with Gasteiger partial charge in [0, 0.05) is 24.3 Å². The molecular formula is C21H24N2O5S. The molecule has 2 aromatic carbocycles. The van der Waals surface area contributed by atoms with Gasteiger partial charge in [0.25, 0.3) is 5.91 Å². The second-order valence-corrected chi connectivity index (χ2v) is 8.78. The van der Waals surface area contributed by atoms with Gasteiger partial charge < -0.3 is 10.1 Å². The second-order valence-electron chi connectivity index (χ2n) is 6.84. The number of carbonyl (C=O) groups excluding carboxylic acids is 2. The van der Waals surface area contributed by atoms with Gasteiger partial charge in [-0.1, -0.05) is 12.1 Å². The lowest BCUT2D eigenvalue weighted by molar-refractivity contribution is 0.0526. The van der Waals surface area contributed by atoms with Crippen LogP contribution in [0, 0.1) is 6.92 Å². The monoisotopic (exact) mass is 416 g/mol. The van der Waals surface area contributed by atoms with E-state index in [0.29, 0.717) is 24.3 Å². The Hall–Kier alpha value is -2.71. The van der Waals surface area contributed by atoms with E-state index < -0.39 is 21.9 Å². The van der Waals surface area contributed by atoms with Crippen LogP contribution in [0.4, 0.5) is 5.69 Å². The predicted octanol–water partition coefficient (Wildman–Crippen LogP) is 3.21. The maximum atomic E-state index is 12.7. The lowest BCUT2D eigenvalue weighted by Crippen LogP contribution is -2.28. The molecular weight excluding hydrogens is 392 g/mol. The summed E-state index contributed by atoms with van der Waals surface area (Å²) in [5.41, 5.74) is 1.80. The van der Waals surface area contributed by atoms with Gasteiger partial charge in [-0.05, 0) is 62.6 Å². The fraction of sp³-hybridized carbons (Fsp3) is 0.333. The average molecular weight is 416 g/mol. The van der Waals surface area contributed by atoms with E-state index in [0.717, 1.165) is 18.4 Å². The minimum absolute atomic E-state index is 0.101. The molecule has 0 aromatic heterocycles. The van der Waals surface area contributed by atoms with Crippen LogP contribution < -0.4 is 5.32 Å². The zero-order valence-electron chi connectivity index (χ0n) is 16.5. The molecule has 2 aromatic rings. The maximum absolute atomic E-state index is 12.7. The number of rotatable bonds is 6. The van der Waals surface area contributed by atoms with Crippen molar-refractivity contribution < 1.29 is 22.7 Å². The number of anilines is 1. The standard InChI is InChI=1S/C21H24N2O5S/c1-3-28-21(25)17-10-9-15(2)19(14-17)22-20(24)16-7-6-8-18(13-16)29(26,27)23-11-4-5-12-23/h6-10,13-14H,3-5,11-12H2,1-2H3,(H,22,24). The van der Waals surface area contributed by atoms with Crippen LogP contribution in [0.1, 0.15) is 46.0 Å². The number of hydrogen-bond acceptors (Lipinski definition) is 5. The summed E-state index contributed by atoms with van der Waals surface area (Å²) in [6.45, 7) is 4.78. The quantitative estimate of drug-likeness (QED) is 0.730. The van der Waals surface area contributed by atoms with Gasteiger partial charge in [-0.3, -0.25) is 4.79 Å². The molecule has 0 atom stereocenters. The largest absolute Gasteiger partial charge is 0.462 e. The summed E-state index contributed by atoms with van der Waals surface area (Å²) in [5.74, 6) is -0.922. The third-order valence-corrected chi connectivity index (χ3v) is 6.69. The highest BCUT2D eigenvalue weighted by Gasteiger charge is 2.27. The number of sulfonamides is 1. The minimum Gasteiger partial charge on any atom is -0.462 e. The van der Waals surface area contributed by atoms with E-state index in [2.05, 4.69) is 5.32 Å². The van der Waals surface area contributed by atoms with Gasteiger partial charge in [0.15, 0.2) is 0 Å². The molecule has 0 saturated carbocycles. The summed E-state index contributed by atoms with van der Waals surface area (Å²) in [7, 11) is -3.61. The molecule has 1 amide bonds. The van der Waals surface area contributed by atoms with Crippen LogP contribution >= 0.6 is 0 Å². The van der Waals surface area contributed by atoms with Crippen LogP contribution in [-0.2, 0) is 14.8 Å². The minimum atomic E-state index is -3.61. The van der Waals surface area contributed by atoms with Crippen molar-refractivity contribution >= 4 is 27.6 Å². The van der Waals surface area contributed by atoms with Gasteiger partial charge in [0.05, 0.1) is 17.1 Å². The molecule has 7 nitrogen and oxygen atoms in total. The Morgan fingerprint density at radius 1 is 1.07 bits per heavy atom. The van der Waals surface area contributed by atoms with E-state index in [4.69, 9.17) is 4.74 Å². The Morgan fingerprint density at radius 3 is 2.48 bits per heavy atom. The lowest BCUT2D eigenvalue weighted by Gasteiger charge is -2.16. The molecule has 1 saturated heterocycles. The zero-order valence-corrected chi connectivity index (χ0v) is 17.3. The van der Waals surface area contributed by atoms with Gasteiger partial charge in [0.2, 0.25) is 10.0 Å². The molecule has 1 fully saturated rings. The van der Waals surface area contributed by atoms with Crippen LogP contribution in [-0.4, -0.2) is 44.3 Å². The van der Waals surface area contributed by atoms with Crippen LogP contribution in [0.3, 0.4) is 0 Å². The van der Waals surface area contributed by atoms with Crippen LogP contribution in [0.5, 0.6) is 0 Å². The third kappa shape index (κ3) is 4.65. The zero-order chi connectivity index (χ0) is 21.0. The summed E-state index contributed by atoms with van der Waals surface area (Å²) in [6.07, 6.45) is 1.69. The summed E-state index contributed by atoms with van der Waals surface area (Å²) in [4.78, 5) is 24.8. The van der Waals surface area contributed by atoms with Crippen molar-refractivity contribution in [2.75, 3.05) is 25.0 Å². The van der Waals surface area contributed by atoms with Crippen molar-refractivity contribution in [3.63, 3.8) is 0 Å². The van der Waals surface area contributed by atoms with E-state index in [9.17, 15) is 18.0 Å². The number of esters is 1. The van der Waals surface area contributed by atoms with Crippen molar-refractivity contribution in [3.05, 3.63) is 59.2 Å². The summed E-state index contributed by atoms with van der Waals surface area (Å²) < 4.78 is 31.9. The Labute approximate surface area is 170 Å².